The quantitative estimate of drug-likeness (QED) is 0.627. The first-order chi connectivity index (χ1) is 15.5. The summed E-state index contributed by atoms with van der Waals surface area (Å²) in [5.74, 6) is -0.105. The van der Waals surface area contributed by atoms with Crippen LogP contribution in [0.3, 0.4) is 0 Å². The van der Waals surface area contributed by atoms with Crippen LogP contribution in [0.1, 0.15) is 44.0 Å². The number of halogens is 1. The Kier molecular flexibility index (Phi) is 6.18. The average Bonchev–Trinajstić information content (AvgIpc) is 2.97. The minimum absolute atomic E-state index is 0.0404. The fourth-order valence-electron chi connectivity index (χ4n) is 3.53. The van der Waals surface area contributed by atoms with E-state index in [0.717, 1.165) is 0 Å². The molecule has 0 bridgehead atoms. The highest BCUT2D eigenvalue weighted by Crippen LogP contribution is 2.30. The van der Waals surface area contributed by atoms with Crippen molar-refractivity contribution < 1.29 is 19.1 Å². The number of carbonyl (C=O) groups excluding carboxylic acids is 3. The number of ketones is 1. The summed E-state index contributed by atoms with van der Waals surface area (Å²) in [6.07, 6.45) is 2.32. The van der Waals surface area contributed by atoms with Crippen LogP contribution < -0.4 is 15.0 Å². The van der Waals surface area contributed by atoms with Crippen molar-refractivity contribution in [1.29, 1.82) is 0 Å². The lowest BCUT2D eigenvalue weighted by Crippen LogP contribution is -2.32. The minimum Gasteiger partial charge on any atom is -0.497 e. The largest absolute Gasteiger partial charge is 0.497 e. The van der Waals surface area contributed by atoms with Crippen molar-refractivity contribution in [3.63, 3.8) is 0 Å². The summed E-state index contributed by atoms with van der Waals surface area (Å²) in [6.45, 7) is 0.398. The number of aromatic nitrogens is 1. The summed E-state index contributed by atoms with van der Waals surface area (Å²) in [5, 5.41) is 3.20. The monoisotopic (exact) mass is 449 g/mol. The van der Waals surface area contributed by atoms with E-state index in [2.05, 4.69) is 10.3 Å². The van der Waals surface area contributed by atoms with Gasteiger partial charge in [0, 0.05) is 29.1 Å². The molecular weight excluding hydrogens is 430 g/mol. The molecule has 162 valence electrons. The summed E-state index contributed by atoms with van der Waals surface area (Å²) < 4.78 is 5.14. The van der Waals surface area contributed by atoms with Gasteiger partial charge in [-0.2, -0.15) is 0 Å². The van der Waals surface area contributed by atoms with Crippen molar-refractivity contribution in [2.24, 2.45) is 0 Å². The van der Waals surface area contributed by atoms with Gasteiger partial charge in [-0.05, 0) is 55.0 Å². The second kappa shape index (κ2) is 9.20. The molecule has 0 spiro atoms. The van der Waals surface area contributed by atoms with E-state index in [0.29, 0.717) is 52.7 Å². The number of anilines is 2. The van der Waals surface area contributed by atoms with Gasteiger partial charge in [0.05, 0.1) is 24.7 Å². The molecule has 0 aliphatic carbocycles. The molecule has 3 aromatic rings. The highest BCUT2D eigenvalue weighted by atomic mass is 35.5. The summed E-state index contributed by atoms with van der Waals surface area (Å²) in [5.41, 5.74) is 2.06. The van der Waals surface area contributed by atoms with Crippen LogP contribution in [-0.2, 0) is 0 Å². The van der Waals surface area contributed by atoms with Gasteiger partial charge in [-0.15, -0.1) is 0 Å². The summed E-state index contributed by atoms with van der Waals surface area (Å²) in [6, 6.07) is 14.9. The number of amides is 2. The molecule has 0 unspecified atom stereocenters. The standard InChI is InChI=1S/C24H20ClN3O4/c1-32-18-5-2-4-15(12-18)23(30)27-17-8-9-20(26-14-17)24(31)28-11-3-6-22(29)19-13-16(25)7-10-21(19)28/h2,4-5,7-10,12-14H,3,6,11H2,1H3,(H,27,30). The van der Waals surface area contributed by atoms with Crippen LogP contribution in [0.4, 0.5) is 11.4 Å². The number of hydrogen-bond donors (Lipinski definition) is 1. The number of hydrogen-bond acceptors (Lipinski definition) is 5. The van der Waals surface area contributed by atoms with Gasteiger partial charge in [0.1, 0.15) is 11.4 Å². The molecular formula is C24H20ClN3O4. The number of methoxy groups -OCH3 is 1. The van der Waals surface area contributed by atoms with Crippen molar-refractivity contribution in [2.75, 3.05) is 23.9 Å². The predicted octanol–water partition coefficient (Wildman–Crippen LogP) is 4.62. The molecule has 0 radical (unpaired) electrons. The minimum atomic E-state index is -0.325. The van der Waals surface area contributed by atoms with Crippen LogP contribution in [0.2, 0.25) is 5.02 Å². The SMILES string of the molecule is COc1cccc(C(=O)Nc2ccc(C(=O)N3CCCC(=O)c4cc(Cl)ccc43)nc2)c1. The van der Waals surface area contributed by atoms with Gasteiger partial charge < -0.3 is 15.0 Å². The fraction of sp³-hybridized carbons (Fsp3) is 0.167. The Bertz CT molecular complexity index is 1190. The second-order valence-electron chi connectivity index (χ2n) is 7.26. The maximum Gasteiger partial charge on any atom is 0.276 e. The average molecular weight is 450 g/mol. The highest BCUT2D eigenvalue weighted by Gasteiger charge is 2.27. The van der Waals surface area contributed by atoms with E-state index in [1.165, 1.54) is 13.3 Å². The maximum atomic E-state index is 13.2. The van der Waals surface area contributed by atoms with E-state index in [4.69, 9.17) is 16.3 Å². The van der Waals surface area contributed by atoms with E-state index in [1.54, 1.807) is 59.5 Å². The number of carbonyl (C=O) groups is 3. The predicted molar refractivity (Wildman–Crippen MR) is 122 cm³/mol. The van der Waals surface area contributed by atoms with E-state index >= 15 is 0 Å². The Morgan fingerprint density at radius 3 is 2.72 bits per heavy atom. The van der Waals surface area contributed by atoms with Gasteiger partial charge in [0.2, 0.25) is 0 Å². The Morgan fingerprint density at radius 1 is 1.12 bits per heavy atom. The lowest BCUT2D eigenvalue weighted by atomic mass is 10.1. The van der Waals surface area contributed by atoms with Crippen LogP contribution >= 0.6 is 11.6 Å². The van der Waals surface area contributed by atoms with Gasteiger partial charge in [-0.1, -0.05) is 17.7 Å². The summed E-state index contributed by atoms with van der Waals surface area (Å²) in [4.78, 5) is 43.8. The third-order valence-corrected chi connectivity index (χ3v) is 5.39. The molecule has 4 rings (SSSR count). The maximum absolute atomic E-state index is 13.2. The highest BCUT2D eigenvalue weighted by molar-refractivity contribution is 6.31. The van der Waals surface area contributed by atoms with Crippen LogP contribution in [-0.4, -0.2) is 36.2 Å². The summed E-state index contributed by atoms with van der Waals surface area (Å²) >= 11 is 6.05. The Labute approximate surface area is 190 Å². The number of nitrogens with one attached hydrogen (secondary N) is 1. The fourth-order valence-corrected chi connectivity index (χ4v) is 3.70. The molecule has 32 heavy (non-hydrogen) atoms. The number of nitrogens with zero attached hydrogens (tertiary/aromatic N) is 2. The third-order valence-electron chi connectivity index (χ3n) is 5.15. The van der Waals surface area contributed by atoms with E-state index < -0.39 is 0 Å². The normalized spacial score (nSPS) is 13.2. The Balaban J connectivity index is 1.53. The van der Waals surface area contributed by atoms with E-state index in [9.17, 15) is 14.4 Å². The third kappa shape index (κ3) is 4.48. The van der Waals surface area contributed by atoms with E-state index in [-0.39, 0.29) is 23.3 Å². The second-order valence-corrected chi connectivity index (χ2v) is 7.70. The molecule has 0 atom stereocenters. The van der Waals surface area contributed by atoms with Gasteiger partial charge in [-0.25, -0.2) is 4.98 Å². The van der Waals surface area contributed by atoms with Crippen molar-refractivity contribution >= 4 is 40.6 Å². The smallest absolute Gasteiger partial charge is 0.276 e. The van der Waals surface area contributed by atoms with Gasteiger partial charge in [-0.3, -0.25) is 14.4 Å². The number of rotatable bonds is 4. The lowest BCUT2D eigenvalue weighted by Gasteiger charge is -2.22. The first kappa shape index (κ1) is 21.5. The molecule has 0 saturated carbocycles. The van der Waals surface area contributed by atoms with Crippen molar-refractivity contribution in [1.82, 2.24) is 4.98 Å². The zero-order valence-corrected chi connectivity index (χ0v) is 18.1. The zero-order chi connectivity index (χ0) is 22.7. The van der Waals surface area contributed by atoms with Crippen molar-refractivity contribution in [2.45, 2.75) is 12.8 Å². The molecule has 7 nitrogen and oxygen atoms in total. The zero-order valence-electron chi connectivity index (χ0n) is 17.3. The number of fused-ring (bicyclic) bond motifs is 1. The van der Waals surface area contributed by atoms with Gasteiger partial charge in [0.25, 0.3) is 11.8 Å². The molecule has 2 amide bonds. The van der Waals surface area contributed by atoms with Crippen LogP contribution in [0.15, 0.2) is 60.8 Å². The molecule has 0 fully saturated rings. The molecule has 1 N–H and O–H groups in total. The molecule has 8 heteroatoms. The molecule has 0 saturated heterocycles. The van der Waals surface area contributed by atoms with Crippen LogP contribution in [0, 0.1) is 0 Å². The van der Waals surface area contributed by atoms with Gasteiger partial charge >= 0.3 is 0 Å². The molecule has 1 aliphatic heterocycles. The first-order valence-electron chi connectivity index (χ1n) is 10.0. The molecule has 2 aromatic carbocycles. The lowest BCUT2D eigenvalue weighted by molar-refractivity contribution is 0.0971. The number of benzene rings is 2. The van der Waals surface area contributed by atoms with Crippen molar-refractivity contribution in [3.8, 4) is 5.75 Å². The Hall–Kier alpha value is -3.71. The molecule has 1 aliphatic rings. The van der Waals surface area contributed by atoms with Crippen LogP contribution in [0.25, 0.3) is 0 Å². The number of ether oxygens (including phenoxy) is 1. The van der Waals surface area contributed by atoms with Crippen LogP contribution in [0.5, 0.6) is 5.75 Å². The molecule has 1 aromatic heterocycles. The van der Waals surface area contributed by atoms with Gasteiger partial charge in [0.15, 0.2) is 5.78 Å². The van der Waals surface area contributed by atoms with E-state index in [1.807, 2.05) is 0 Å². The first-order valence-corrected chi connectivity index (χ1v) is 10.4. The number of pyridine rings is 1. The molecule has 2 heterocycles. The van der Waals surface area contributed by atoms with Crippen molar-refractivity contribution in [3.05, 3.63) is 82.6 Å². The summed E-state index contributed by atoms with van der Waals surface area (Å²) in [7, 11) is 1.53. The number of Topliss-reactive ketones (excluding diaryl/α,β-unsaturated/α-hetero) is 1. The topological polar surface area (TPSA) is 88.6 Å². The Morgan fingerprint density at radius 2 is 1.97 bits per heavy atom.